The van der Waals surface area contributed by atoms with Gasteiger partial charge in [-0.05, 0) is 63.1 Å². The van der Waals surface area contributed by atoms with E-state index in [9.17, 15) is 48.9 Å². The molecule has 0 aliphatic rings. The number of aryl methyl sites for hydroxylation is 3. The average Bonchev–Trinajstić information content (AvgIpc) is 3.25. The molecule has 0 amide bonds. The van der Waals surface area contributed by atoms with Gasteiger partial charge in [-0.3, -0.25) is 9.59 Å². The van der Waals surface area contributed by atoms with Gasteiger partial charge in [-0.25, -0.2) is 14.2 Å². The molecule has 0 fully saturated rings. The highest BCUT2D eigenvalue weighted by molar-refractivity contribution is 7.84. The Balaban J connectivity index is 0.000000200. The number of halogens is 2. The van der Waals surface area contributed by atoms with Crippen molar-refractivity contribution in [3.63, 3.8) is 0 Å². The van der Waals surface area contributed by atoms with Crippen LogP contribution in [0.1, 0.15) is 51.5 Å². The number of hydrogen-bond donors (Lipinski definition) is 1. The van der Waals surface area contributed by atoms with E-state index in [1.54, 1.807) is 27.0 Å². The Hall–Kier alpha value is -5.23. The Morgan fingerprint density at radius 1 is 0.830 bits per heavy atom. The fraction of sp³-hybridized carbons (Fsp3) is 0.207. The monoisotopic (exact) mass is 697 g/mol. The number of rotatable bonds is 5. The summed E-state index contributed by atoms with van der Waals surface area (Å²) in [6.45, 7) is 7.32. The van der Waals surface area contributed by atoms with Crippen molar-refractivity contribution in [3.05, 3.63) is 97.7 Å². The summed E-state index contributed by atoms with van der Waals surface area (Å²) in [5.74, 6) is -1.33. The van der Waals surface area contributed by atoms with Crippen molar-refractivity contribution < 1.29 is 56.9 Å². The first-order valence-electron chi connectivity index (χ1n) is 13.1. The quantitative estimate of drug-likeness (QED) is 0.121. The van der Waals surface area contributed by atoms with Crippen molar-refractivity contribution in [2.75, 3.05) is 0 Å². The maximum Gasteiger partial charge on any atom is 0.488 e. The number of aromatic hydroxyl groups is 1. The first-order chi connectivity index (χ1) is 21.6. The molecule has 18 heteroatoms. The second kappa shape index (κ2) is 13.6. The molecule has 47 heavy (non-hydrogen) atoms. The number of nitrogens with zero attached hydrogens (tertiary/aromatic N) is 2. The lowest BCUT2D eigenvalue weighted by molar-refractivity contribution is -0.676. The van der Waals surface area contributed by atoms with Gasteiger partial charge in [-0.2, -0.15) is 16.8 Å². The van der Waals surface area contributed by atoms with Crippen molar-refractivity contribution in [3.8, 4) is 11.5 Å². The van der Waals surface area contributed by atoms with Crippen LogP contribution in [0.3, 0.4) is 0 Å². The van der Waals surface area contributed by atoms with E-state index in [4.69, 9.17) is 8.83 Å². The Labute approximate surface area is 265 Å². The zero-order valence-corrected chi connectivity index (χ0v) is 27.2. The van der Waals surface area contributed by atoms with Crippen LogP contribution in [0.4, 0.5) is 7.77 Å². The molecule has 0 radical (unpaired) electrons. The Morgan fingerprint density at radius 2 is 1.30 bits per heavy atom. The molecule has 14 nitrogen and oxygen atoms in total. The molecule has 0 saturated heterocycles. The lowest BCUT2D eigenvalue weighted by Gasteiger charge is -2.09. The zero-order chi connectivity index (χ0) is 35.6. The molecule has 0 spiro atoms. The Bertz CT molecular complexity index is 2390. The van der Waals surface area contributed by atoms with E-state index in [-0.39, 0.29) is 33.8 Å². The average molecular weight is 698 g/mol. The van der Waals surface area contributed by atoms with Gasteiger partial charge in [-0.15, -0.1) is 0 Å². The van der Waals surface area contributed by atoms with Crippen molar-refractivity contribution in [2.24, 2.45) is 7.05 Å². The number of hydrogen-bond acceptors (Lipinski definition) is 12. The molecule has 1 N–H and O–H groups in total. The topological polar surface area (TPSA) is 201 Å². The first-order valence-corrected chi connectivity index (χ1v) is 15.8. The molecule has 0 aliphatic heterocycles. The zero-order valence-electron chi connectivity index (χ0n) is 25.5. The molecule has 0 unspecified atom stereocenters. The SMILES string of the molecule is CC(=O)c1c(O)ccc2c(C)cc(=O)oc12.CC(=O)c1c(OS(=O)(=O)F)ccc2c(C)cc(=O)oc12.Cc1n(S(=O)(=O)F)cc[n+]1C. The second-order valence-electron chi connectivity index (χ2n) is 9.93. The van der Waals surface area contributed by atoms with E-state index in [1.165, 1.54) is 48.9 Å². The van der Waals surface area contributed by atoms with Gasteiger partial charge in [-0.1, -0.05) is 11.7 Å². The normalized spacial score (nSPS) is 11.3. The highest BCUT2D eigenvalue weighted by atomic mass is 32.3. The largest absolute Gasteiger partial charge is 0.507 e. The van der Waals surface area contributed by atoms with Crippen molar-refractivity contribution >= 4 is 54.4 Å². The minimum absolute atomic E-state index is 0.0540. The number of phenolic OH excluding ortho intramolecular Hbond substituents is 1. The third-order valence-electron chi connectivity index (χ3n) is 6.56. The van der Waals surface area contributed by atoms with Crippen LogP contribution >= 0.6 is 0 Å². The molecule has 5 rings (SSSR count). The lowest BCUT2D eigenvalue weighted by Crippen LogP contribution is -2.30. The molecule has 5 aromatic rings. The summed E-state index contributed by atoms with van der Waals surface area (Å²) in [5.41, 5.74) is -0.220. The molecule has 250 valence electrons. The molecular formula is C29H27F2N2O12S2+. The predicted octanol–water partition coefficient (Wildman–Crippen LogP) is 3.59. The fourth-order valence-electron chi connectivity index (χ4n) is 4.35. The van der Waals surface area contributed by atoms with Crippen LogP contribution in [-0.2, 0) is 28.0 Å². The van der Waals surface area contributed by atoms with Gasteiger partial charge in [0.2, 0.25) is 0 Å². The number of ketones is 2. The number of carbonyl (C=O) groups is 2. The van der Waals surface area contributed by atoms with E-state index in [1.807, 2.05) is 0 Å². The lowest BCUT2D eigenvalue weighted by atomic mass is 10.0. The number of Topliss-reactive ketones (excluding diaryl/α,β-unsaturated/α-hetero) is 2. The predicted molar refractivity (Wildman–Crippen MR) is 163 cm³/mol. The van der Waals surface area contributed by atoms with Gasteiger partial charge in [0.25, 0.3) is 5.82 Å². The van der Waals surface area contributed by atoms with E-state index in [0.717, 1.165) is 19.2 Å². The van der Waals surface area contributed by atoms with Crippen LogP contribution in [0.15, 0.2) is 67.2 Å². The van der Waals surface area contributed by atoms with E-state index in [0.29, 0.717) is 31.7 Å². The maximum atomic E-state index is 12.6. The third-order valence-corrected chi connectivity index (χ3v) is 7.80. The van der Waals surface area contributed by atoms with Crippen molar-refractivity contribution in [1.82, 2.24) is 3.97 Å². The molecule has 0 aliphatic carbocycles. The molecule has 2 aromatic carbocycles. The first kappa shape index (κ1) is 36.2. The number of carbonyl (C=O) groups excluding carboxylic acids is 2. The van der Waals surface area contributed by atoms with Crippen LogP contribution in [0.2, 0.25) is 0 Å². The van der Waals surface area contributed by atoms with E-state index < -0.39 is 43.7 Å². The smallest absolute Gasteiger partial charge is 0.488 e. The van der Waals surface area contributed by atoms with E-state index in [2.05, 4.69) is 4.18 Å². The van der Waals surface area contributed by atoms with Crippen LogP contribution in [-0.4, -0.2) is 37.5 Å². The molecule has 0 atom stereocenters. The molecule has 3 aromatic heterocycles. The van der Waals surface area contributed by atoms with Crippen LogP contribution < -0.4 is 20.0 Å². The molecular weight excluding hydrogens is 670 g/mol. The maximum absolute atomic E-state index is 12.6. The summed E-state index contributed by atoms with van der Waals surface area (Å²) in [6.07, 6.45) is 2.62. The standard InChI is InChI=1S/C12H9FO6S.C12H10O4.C5H8FN2O2S/c1-6-5-10(15)18-12-8(6)3-4-9(11(12)7(2)14)19-20(13,16)17;1-6-5-10(15)16-12-8(6)3-4-9(14)11(12)7(2)13;1-5-7(2)3-4-8(5)11(6,9)10/h3-5H,1-2H3;3-5,14H,1-2H3;3-4H,1-2H3/q;;+1. The second-order valence-corrected chi connectivity index (χ2v) is 12.1. The number of fused-ring (bicyclic) bond motifs is 2. The summed E-state index contributed by atoms with van der Waals surface area (Å²) in [5, 5.41) is 10.7. The van der Waals surface area contributed by atoms with Gasteiger partial charge in [0, 0.05) is 29.8 Å². The van der Waals surface area contributed by atoms with Gasteiger partial charge >= 0.3 is 32.2 Å². The van der Waals surface area contributed by atoms with Gasteiger partial charge in [0.1, 0.15) is 29.3 Å². The minimum Gasteiger partial charge on any atom is -0.507 e. The summed E-state index contributed by atoms with van der Waals surface area (Å²) in [4.78, 5) is 45.6. The van der Waals surface area contributed by atoms with Crippen molar-refractivity contribution in [2.45, 2.75) is 34.6 Å². The highest BCUT2D eigenvalue weighted by Crippen LogP contribution is 2.31. The van der Waals surface area contributed by atoms with Crippen LogP contribution in [0, 0.1) is 20.8 Å². The Kier molecular flexibility index (Phi) is 10.5. The highest BCUT2D eigenvalue weighted by Gasteiger charge is 2.23. The third kappa shape index (κ3) is 8.53. The number of benzene rings is 2. The number of phenols is 1. The number of aromatic nitrogens is 2. The fourth-order valence-corrected chi connectivity index (χ4v) is 5.35. The number of imidazole rings is 1. The summed E-state index contributed by atoms with van der Waals surface area (Å²) in [7, 11) is -8.28. The summed E-state index contributed by atoms with van der Waals surface area (Å²) >= 11 is 0. The van der Waals surface area contributed by atoms with Gasteiger partial charge < -0.3 is 18.1 Å². The molecule has 0 bridgehead atoms. The Morgan fingerprint density at radius 3 is 1.68 bits per heavy atom. The van der Waals surface area contributed by atoms with E-state index >= 15 is 0 Å². The molecule has 0 saturated carbocycles. The van der Waals surface area contributed by atoms with Gasteiger partial charge in [0.05, 0.1) is 7.05 Å². The van der Waals surface area contributed by atoms with Crippen LogP contribution in [0.25, 0.3) is 21.9 Å². The summed E-state index contributed by atoms with van der Waals surface area (Å²) < 4.78 is 82.8. The molecule has 3 heterocycles. The van der Waals surface area contributed by atoms with Crippen LogP contribution in [0.5, 0.6) is 11.5 Å². The van der Waals surface area contributed by atoms with Crippen molar-refractivity contribution in [1.29, 1.82) is 0 Å². The minimum atomic E-state index is -5.29. The summed E-state index contributed by atoms with van der Waals surface area (Å²) in [6, 6.07) is 8.12. The van der Waals surface area contributed by atoms with Gasteiger partial charge in [0.15, 0.2) is 28.5 Å².